The minimum atomic E-state index is -0.458. The number of nitrogens with one attached hydrogen (secondary N) is 1. The molecule has 0 aliphatic rings. The van der Waals surface area contributed by atoms with E-state index in [4.69, 9.17) is 43.6 Å². The first-order chi connectivity index (χ1) is 16.4. The second kappa shape index (κ2) is 9.18. The van der Waals surface area contributed by atoms with Crippen LogP contribution in [0.3, 0.4) is 0 Å². The van der Waals surface area contributed by atoms with Crippen LogP contribution in [-0.2, 0) is 6.42 Å². The molecule has 0 spiro atoms. The van der Waals surface area contributed by atoms with Crippen molar-refractivity contribution in [3.63, 3.8) is 0 Å². The molecule has 1 N–H and O–H groups in total. The minimum absolute atomic E-state index is 0.108. The highest BCUT2D eigenvalue weighted by molar-refractivity contribution is 6.36. The maximum absolute atomic E-state index is 12.9. The van der Waals surface area contributed by atoms with Crippen molar-refractivity contribution in [2.75, 3.05) is 5.32 Å². The first-order valence-electron chi connectivity index (χ1n) is 10.5. The van der Waals surface area contributed by atoms with Gasteiger partial charge in [-0.05, 0) is 72.6 Å². The van der Waals surface area contributed by atoms with Crippen LogP contribution in [0.5, 0.6) is 0 Å². The van der Waals surface area contributed by atoms with Crippen LogP contribution in [0.4, 0.5) is 5.69 Å². The molecule has 5 aromatic rings. The molecule has 1 amide bonds. The van der Waals surface area contributed by atoms with Gasteiger partial charge in [-0.3, -0.25) is 4.79 Å². The van der Waals surface area contributed by atoms with E-state index in [0.29, 0.717) is 49.1 Å². The summed E-state index contributed by atoms with van der Waals surface area (Å²) in [5.74, 6) is 0.537. The number of oxazole rings is 1. The number of rotatable bonds is 5. The molecular weight excluding hydrogens is 495 g/mol. The molecule has 0 aliphatic carbocycles. The average Bonchev–Trinajstić information content (AvgIpc) is 3.47. The molecule has 0 saturated carbocycles. The molecule has 5 nitrogen and oxygen atoms in total. The van der Waals surface area contributed by atoms with Gasteiger partial charge in [0.15, 0.2) is 11.3 Å². The Morgan fingerprint density at radius 3 is 2.56 bits per heavy atom. The summed E-state index contributed by atoms with van der Waals surface area (Å²) >= 11 is 18.5. The third-order valence-electron chi connectivity index (χ3n) is 5.35. The predicted molar refractivity (Wildman–Crippen MR) is 136 cm³/mol. The Balaban J connectivity index is 1.40. The van der Waals surface area contributed by atoms with Crippen LogP contribution in [-0.4, -0.2) is 10.9 Å². The number of fused-ring (bicyclic) bond motifs is 1. The fourth-order valence-electron chi connectivity index (χ4n) is 3.55. The van der Waals surface area contributed by atoms with Crippen molar-refractivity contribution in [2.45, 2.75) is 13.3 Å². The summed E-state index contributed by atoms with van der Waals surface area (Å²) in [6.45, 7) is 2.09. The number of benzene rings is 3. The van der Waals surface area contributed by atoms with Gasteiger partial charge in [-0.1, -0.05) is 47.8 Å². The van der Waals surface area contributed by atoms with Crippen molar-refractivity contribution in [1.82, 2.24) is 4.98 Å². The molecule has 0 unspecified atom stereocenters. The topological polar surface area (TPSA) is 68.3 Å². The number of aromatic nitrogens is 1. The van der Waals surface area contributed by atoms with E-state index in [1.807, 2.05) is 18.2 Å². The van der Waals surface area contributed by atoms with Crippen LogP contribution >= 0.6 is 34.8 Å². The fourth-order valence-corrected chi connectivity index (χ4v) is 4.21. The lowest BCUT2D eigenvalue weighted by Crippen LogP contribution is -2.11. The highest BCUT2D eigenvalue weighted by atomic mass is 35.5. The zero-order valence-corrected chi connectivity index (χ0v) is 20.1. The Labute approximate surface area is 210 Å². The van der Waals surface area contributed by atoms with E-state index in [2.05, 4.69) is 17.2 Å². The van der Waals surface area contributed by atoms with E-state index in [-0.39, 0.29) is 5.76 Å². The second-order valence-corrected chi connectivity index (χ2v) is 8.86. The van der Waals surface area contributed by atoms with Gasteiger partial charge < -0.3 is 14.2 Å². The smallest absolute Gasteiger partial charge is 0.291 e. The summed E-state index contributed by atoms with van der Waals surface area (Å²) in [4.78, 5) is 17.4. The van der Waals surface area contributed by atoms with Crippen LogP contribution in [0.25, 0.3) is 33.9 Å². The number of aryl methyl sites for hydroxylation is 1. The van der Waals surface area contributed by atoms with Gasteiger partial charge in [-0.25, -0.2) is 4.98 Å². The molecule has 170 valence electrons. The summed E-state index contributed by atoms with van der Waals surface area (Å²) in [6, 6.07) is 19.4. The van der Waals surface area contributed by atoms with Crippen LogP contribution in [0.15, 0.2) is 75.6 Å². The minimum Gasteiger partial charge on any atom is -0.451 e. The van der Waals surface area contributed by atoms with E-state index in [0.717, 1.165) is 11.9 Å². The van der Waals surface area contributed by atoms with Gasteiger partial charge in [0.2, 0.25) is 5.89 Å². The molecular formula is C26H17Cl3N2O3. The van der Waals surface area contributed by atoms with E-state index < -0.39 is 5.91 Å². The third-order valence-corrected chi connectivity index (χ3v) is 6.23. The van der Waals surface area contributed by atoms with E-state index in [9.17, 15) is 4.79 Å². The van der Waals surface area contributed by atoms with Crippen molar-refractivity contribution >= 4 is 57.5 Å². The molecule has 3 aromatic carbocycles. The molecule has 0 saturated heterocycles. The molecule has 34 heavy (non-hydrogen) atoms. The van der Waals surface area contributed by atoms with Crippen molar-refractivity contribution in [1.29, 1.82) is 0 Å². The van der Waals surface area contributed by atoms with Gasteiger partial charge in [0.05, 0.1) is 15.7 Å². The van der Waals surface area contributed by atoms with Crippen molar-refractivity contribution < 1.29 is 13.6 Å². The summed E-state index contributed by atoms with van der Waals surface area (Å²) in [7, 11) is 0. The number of furan rings is 1. The molecule has 0 radical (unpaired) electrons. The second-order valence-electron chi connectivity index (χ2n) is 7.61. The lowest BCUT2D eigenvalue weighted by molar-refractivity contribution is 0.0997. The van der Waals surface area contributed by atoms with Gasteiger partial charge >= 0.3 is 0 Å². The number of amides is 1. The van der Waals surface area contributed by atoms with Crippen LogP contribution in [0.2, 0.25) is 15.1 Å². The molecule has 2 heterocycles. The number of nitrogens with zero attached hydrogens (tertiary/aromatic N) is 1. The number of anilines is 1. The SMILES string of the molecule is CCc1ccc2oc(-c3ccc(Cl)c(NC(=O)c4ccc(-c5ccc(Cl)cc5Cl)o4)c3)nc2c1. The standard InChI is InChI=1S/C26H17Cl3N2O3/c1-2-14-3-8-23-21(11-14)31-26(34-23)15-4-7-18(28)20(12-15)30-25(32)24-10-9-22(33-24)17-6-5-16(27)13-19(17)29/h3-13H,2H2,1H3,(H,30,32). The Bertz CT molecular complexity index is 1540. The molecule has 8 heteroatoms. The van der Waals surface area contributed by atoms with E-state index in [1.54, 1.807) is 48.5 Å². The molecule has 2 aromatic heterocycles. The van der Waals surface area contributed by atoms with Crippen LogP contribution in [0.1, 0.15) is 23.0 Å². The Hall–Kier alpha value is -3.25. The third kappa shape index (κ3) is 4.42. The van der Waals surface area contributed by atoms with Crippen molar-refractivity contribution in [3.8, 4) is 22.8 Å². The van der Waals surface area contributed by atoms with Crippen LogP contribution in [0, 0.1) is 0 Å². The Morgan fingerprint density at radius 1 is 0.912 bits per heavy atom. The van der Waals surface area contributed by atoms with Gasteiger partial charge in [-0.15, -0.1) is 0 Å². The first kappa shape index (κ1) is 22.5. The normalized spacial score (nSPS) is 11.2. The van der Waals surface area contributed by atoms with Crippen LogP contribution < -0.4 is 5.32 Å². The molecule has 0 atom stereocenters. The van der Waals surface area contributed by atoms with E-state index in [1.165, 1.54) is 5.56 Å². The van der Waals surface area contributed by atoms with Gasteiger partial charge in [0.1, 0.15) is 11.3 Å². The van der Waals surface area contributed by atoms with Gasteiger partial charge in [0.25, 0.3) is 5.91 Å². The lowest BCUT2D eigenvalue weighted by atomic mass is 10.1. The van der Waals surface area contributed by atoms with Crippen molar-refractivity contribution in [3.05, 3.63) is 93.1 Å². The highest BCUT2D eigenvalue weighted by Crippen LogP contribution is 2.33. The monoisotopic (exact) mass is 510 g/mol. The molecule has 5 rings (SSSR count). The summed E-state index contributed by atoms with van der Waals surface area (Å²) in [5.41, 5.74) is 4.36. The maximum Gasteiger partial charge on any atom is 0.291 e. The summed E-state index contributed by atoms with van der Waals surface area (Å²) in [6.07, 6.45) is 0.911. The van der Waals surface area contributed by atoms with Crippen molar-refractivity contribution in [2.24, 2.45) is 0 Å². The number of carbonyl (C=O) groups excluding carboxylic acids is 1. The molecule has 0 fully saturated rings. The Morgan fingerprint density at radius 2 is 1.76 bits per heavy atom. The number of halogens is 3. The average molecular weight is 512 g/mol. The predicted octanol–water partition coefficient (Wildman–Crippen LogP) is 8.53. The van der Waals surface area contributed by atoms with Gasteiger partial charge in [0, 0.05) is 16.1 Å². The van der Waals surface area contributed by atoms with Gasteiger partial charge in [-0.2, -0.15) is 0 Å². The zero-order chi connectivity index (χ0) is 23.8. The summed E-state index contributed by atoms with van der Waals surface area (Å²) < 4.78 is 11.6. The molecule has 0 aliphatic heterocycles. The number of hydrogen-bond donors (Lipinski definition) is 1. The lowest BCUT2D eigenvalue weighted by Gasteiger charge is -2.07. The molecule has 0 bridgehead atoms. The number of carbonyl (C=O) groups is 1. The first-order valence-corrected chi connectivity index (χ1v) is 11.6. The van der Waals surface area contributed by atoms with E-state index >= 15 is 0 Å². The Kier molecular flexibility index (Phi) is 6.09. The highest BCUT2D eigenvalue weighted by Gasteiger charge is 2.17. The largest absolute Gasteiger partial charge is 0.451 e. The summed E-state index contributed by atoms with van der Waals surface area (Å²) in [5, 5.41) is 4.10. The zero-order valence-electron chi connectivity index (χ0n) is 17.9. The number of hydrogen-bond acceptors (Lipinski definition) is 4. The maximum atomic E-state index is 12.9. The quantitative estimate of drug-likeness (QED) is 0.257. The fraction of sp³-hybridized carbons (Fsp3) is 0.0769.